The highest BCUT2D eigenvalue weighted by Gasteiger charge is 2.16. The van der Waals surface area contributed by atoms with Crippen molar-refractivity contribution >= 4 is 11.8 Å². The van der Waals surface area contributed by atoms with Gasteiger partial charge in [-0.15, -0.1) is 0 Å². The van der Waals surface area contributed by atoms with Gasteiger partial charge in [-0.05, 0) is 42.9 Å². The standard InChI is InChI=1S/C23H36N2O3/c1-17(2)20-10-12-21(13-11-20)28-18(3)23(27)25-16-15-24-22(26)14-9-19-7-5-4-6-8-19/h10-13,17-19H,4-9,14-16H2,1-3H3,(H,24,26)(H,25,27). The van der Waals surface area contributed by atoms with Crippen LogP contribution in [0, 0.1) is 5.92 Å². The zero-order valence-corrected chi connectivity index (χ0v) is 17.6. The Hall–Kier alpha value is -2.04. The molecule has 0 spiro atoms. The summed E-state index contributed by atoms with van der Waals surface area (Å²) in [5, 5.41) is 5.70. The molecule has 1 aliphatic carbocycles. The van der Waals surface area contributed by atoms with Crippen molar-refractivity contribution in [2.75, 3.05) is 13.1 Å². The number of carbonyl (C=O) groups excluding carboxylic acids is 2. The normalized spacial score (nSPS) is 15.9. The van der Waals surface area contributed by atoms with Crippen LogP contribution in [0.25, 0.3) is 0 Å². The summed E-state index contributed by atoms with van der Waals surface area (Å²) in [6, 6.07) is 7.83. The van der Waals surface area contributed by atoms with Crippen LogP contribution in [-0.4, -0.2) is 31.0 Å². The monoisotopic (exact) mass is 388 g/mol. The highest BCUT2D eigenvalue weighted by Crippen LogP contribution is 2.27. The molecule has 0 radical (unpaired) electrons. The Morgan fingerprint density at radius 3 is 2.29 bits per heavy atom. The molecular formula is C23H36N2O3. The molecule has 5 nitrogen and oxygen atoms in total. The maximum atomic E-state index is 12.2. The van der Waals surface area contributed by atoms with Crippen molar-refractivity contribution in [3.8, 4) is 5.75 Å². The molecule has 1 saturated carbocycles. The Balaban J connectivity index is 1.58. The summed E-state index contributed by atoms with van der Waals surface area (Å²) in [7, 11) is 0. The lowest BCUT2D eigenvalue weighted by atomic mass is 9.86. The van der Waals surface area contributed by atoms with Crippen LogP contribution in [0.15, 0.2) is 24.3 Å². The lowest BCUT2D eigenvalue weighted by Gasteiger charge is -2.21. The van der Waals surface area contributed by atoms with E-state index in [-0.39, 0.29) is 11.8 Å². The number of benzene rings is 1. The fourth-order valence-corrected chi connectivity index (χ4v) is 3.62. The van der Waals surface area contributed by atoms with Crippen LogP contribution in [0.2, 0.25) is 0 Å². The summed E-state index contributed by atoms with van der Waals surface area (Å²) in [4.78, 5) is 24.1. The van der Waals surface area contributed by atoms with Crippen molar-refractivity contribution in [2.45, 2.75) is 77.7 Å². The van der Waals surface area contributed by atoms with Crippen molar-refractivity contribution in [1.29, 1.82) is 0 Å². The second-order valence-electron chi connectivity index (χ2n) is 8.17. The van der Waals surface area contributed by atoms with Crippen molar-refractivity contribution < 1.29 is 14.3 Å². The number of amides is 2. The van der Waals surface area contributed by atoms with Gasteiger partial charge in [-0.2, -0.15) is 0 Å². The van der Waals surface area contributed by atoms with Gasteiger partial charge >= 0.3 is 0 Å². The van der Waals surface area contributed by atoms with Gasteiger partial charge < -0.3 is 15.4 Å². The van der Waals surface area contributed by atoms with Gasteiger partial charge in [0.15, 0.2) is 6.10 Å². The smallest absolute Gasteiger partial charge is 0.260 e. The molecule has 0 aromatic heterocycles. The first-order chi connectivity index (χ1) is 13.5. The van der Waals surface area contributed by atoms with E-state index in [4.69, 9.17) is 4.74 Å². The minimum Gasteiger partial charge on any atom is -0.481 e. The highest BCUT2D eigenvalue weighted by atomic mass is 16.5. The van der Waals surface area contributed by atoms with Crippen molar-refractivity contribution in [2.24, 2.45) is 5.92 Å². The Labute approximate surface area is 169 Å². The van der Waals surface area contributed by atoms with Gasteiger partial charge in [-0.1, -0.05) is 58.1 Å². The molecule has 5 heteroatoms. The Morgan fingerprint density at radius 1 is 1.00 bits per heavy atom. The summed E-state index contributed by atoms with van der Waals surface area (Å²) >= 11 is 0. The fraction of sp³-hybridized carbons (Fsp3) is 0.652. The largest absolute Gasteiger partial charge is 0.481 e. The van der Waals surface area contributed by atoms with E-state index in [9.17, 15) is 9.59 Å². The summed E-state index contributed by atoms with van der Waals surface area (Å²) in [5.74, 6) is 1.77. The van der Waals surface area contributed by atoms with Crippen molar-refractivity contribution in [3.63, 3.8) is 0 Å². The molecule has 0 saturated heterocycles. The van der Waals surface area contributed by atoms with Crippen LogP contribution in [0.4, 0.5) is 0 Å². The van der Waals surface area contributed by atoms with E-state index in [2.05, 4.69) is 24.5 Å². The van der Waals surface area contributed by atoms with E-state index in [1.54, 1.807) is 6.92 Å². The quantitative estimate of drug-likeness (QED) is 0.591. The lowest BCUT2D eigenvalue weighted by molar-refractivity contribution is -0.127. The third-order valence-corrected chi connectivity index (χ3v) is 5.48. The number of rotatable bonds is 10. The lowest BCUT2D eigenvalue weighted by Crippen LogP contribution is -2.40. The zero-order chi connectivity index (χ0) is 20.4. The van der Waals surface area contributed by atoms with E-state index < -0.39 is 6.10 Å². The molecular weight excluding hydrogens is 352 g/mol. The average Bonchev–Trinajstić information content (AvgIpc) is 2.70. The van der Waals surface area contributed by atoms with Gasteiger partial charge in [-0.25, -0.2) is 0 Å². The molecule has 1 atom stereocenters. The second-order valence-corrected chi connectivity index (χ2v) is 8.17. The van der Waals surface area contributed by atoms with Crippen LogP contribution >= 0.6 is 0 Å². The van der Waals surface area contributed by atoms with Crippen molar-refractivity contribution in [3.05, 3.63) is 29.8 Å². The molecule has 156 valence electrons. The molecule has 1 aromatic carbocycles. The van der Waals surface area contributed by atoms with Crippen LogP contribution in [0.1, 0.15) is 77.2 Å². The van der Waals surface area contributed by atoms with E-state index >= 15 is 0 Å². The Bertz CT molecular complexity index is 607. The first-order valence-corrected chi connectivity index (χ1v) is 10.8. The summed E-state index contributed by atoms with van der Waals surface area (Å²) in [6.45, 7) is 6.87. The van der Waals surface area contributed by atoms with Crippen LogP contribution in [0.3, 0.4) is 0 Å². The highest BCUT2D eigenvalue weighted by molar-refractivity contribution is 5.80. The van der Waals surface area contributed by atoms with Gasteiger partial charge in [0.2, 0.25) is 5.91 Å². The van der Waals surface area contributed by atoms with Gasteiger partial charge in [0, 0.05) is 19.5 Å². The predicted molar refractivity (Wildman–Crippen MR) is 112 cm³/mol. The molecule has 0 aliphatic heterocycles. The minimum atomic E-state index is -0.577. The number of nitrogens with one attached hydrogen (secondary N) is 2. The molecule has 1 aliphatic rings. The Kier molecular flexibility index (Phi) is 9.32. The number of hydrogen-bond acceptors (Lipinski definition) is 3. The van der Waals surface area contributed by atoms with Crippen LogP contribution in [0.5, 0.6) is 5.75 Å². The zero-order valence-electron chi connectivity index (χ0n) is 17.6. The van der Waals surface area contributed by atoms with Crippen LogP contribution < -0.4 is 15.4 Å². The number of hydrogen-bond donors (Lipinski definition) is 2. The molecule has 2 rings (SSSR count). The molecule has 1 aromatic rings. The van der Waals surface area contributed by atoms with E-state index in [1.165, 1.54) is 37.7 Å². The first-order valence-electron chi connectivity index (χ1n) is 10.8. The third-order valence-electron chi connectivity index (χ3n) is 5.48. The molecule has 0 heterocycles. The molecule has 0 bridgehead atoms. The molecule has 2 N–H and O–H groups in total. The van der Waals surface area contributed by atoms with Gasteiger partial charge in [-0.3, -0.25) is 9.59 Å². The summed E-state index contributed by atoms with van der Waals surface area (Å²) in [5.41, 5.74) is 1.24. The fourth-order valence-electron chi connectivity index (χ4n) is 3.62. The topological polar surface area (TPSA) is 67.4 Å². The van der Waals surface area contributed by atoms with E-state index in [1.807, 2.05) is 24.3 Å². The summed E-state index contributed by atoms with van der Waals surface area (Å²) < 4.78 is 5.70. The molecule has 1 fully saturated rings. The number of ether oxygens (including phenoxy) is 1. The van der Waals surface area contributed by atoms with Gasteiger partial charge in [0.05, 0.1) is 0 Å². The number of carbonyl (C=O) groups is 2. The molecule has 1 unspecified atom stereocenters. The van der Waals surface area contributed by atoms with E-state index in [0.29, 0.717) is 37.1 Å². The molecule has 2 amide bonds. The van der Waals surface area contributed by atoms with Crippen LogP contribution in [-0.2, 0) is 9.59 Å². The van der Waals surface area contributed by atoms with Gasteiger partial charge in [0.1, 0.15) is 5.75 Å². The predicted octanol–water partition coefficient (Wildman–Crippen LogP) is 4.17. The van der Waals surface area contributed by atoms with Crippen molar-refractivity contribution in [1.82, 2.24) is 10.6 Å². The third kappa shape index (κ3) is 7.91. The maximum Gasteiger partial charge on any atom is 0.260 e. The first kappa shape index (κ1) is 22.3. The minimum absolute atomic E-state index is 0.0781. The average molecular weight is 389 g/mol. The van der Waals surface area contributed by atoms with Gasteiger partial charge in [0.25, 0.3) is 5.91 Å². The second kappa shape index (κ2) is 11.7. The summed E-state index contributed by atoms with van der Waals surface area (Å²) in [6.07, 6.45) is 7.48. The SMILES string of the molecule is CC(Oc1ccc(C(C)C)cc1)C(=O)NCCNC(=O)CCC1CCCCC1. The maximum absolute atomic E-state index is 12.2. The van der Waals surface area contributed by atoms with E-state index in [0.717, 1.165) is 6.42 Å². The molecule has 28 heavy (non-hydrogen) atoms. The Morgan fingerprint density at radius 2 is 1.64 bits per heavy atom.